The van der Waals surface area contributed by atoms with Gasteiger partial charge in [0, 0.05) is 27.0 Å². The van der Waals surface area contributed by atoms with Crippen LogP contribution in [0.1, 0.15) is 0 Å². The summed E-state index contributed by atoms with van der Waals surface area (Å²) < 4.78 is 45.0. The van der Waals surface area contributed by atoms with Gasteiger partial charge in [-0.3, -0.25) is 4.57 Å². The number of rotatable bonds is 6. The van der Waals surface area contributed by atoms with Crippen molar-refractivity contribution in [2.24, 2.45) is 0 Å². The molecule has 0 unspecified atom stereocenters. The maximum absolute atomic E-state index is 13.8. The first-order valence-electron chi connectivity index (χ1n) is 7.12. The summed E-state index contributed by atoms with van der Waals surface area (Å²) in [6.45, 7) is 7.27. The van der Waals surface area contributed by atoms with Gasteiger partial charge in [-0.05, 0) is 28.0 Å². The molecule has 1 aromatic heterocycles. The highest BCUT2D eigenvalue weighted by atomic mass is 79.9. The molecule has 5 nitrogen and oxygen atoms in total. The van der Waals surface area contributed by atoms with Crippen LogP contribution in [0, 0.1) is 5.82 Å². The Morgan fingerprint density at radius 3 is 2.57 bits per heavy atom. The fourth-order valence-electron chi connectivity index (χ4n) is 2.04. The normalized spacial score (nSPS) is 13.0. The molecule has 2 aromatic rings. The zero-order valence-corrected chi connectivity index (χ0v) is 17.0. The zero-order valence-electron chi connectivity index (χ0n) is 13.6. The van der Waals surface area contributed by atoms with Crippen molar-refractivity contribution in [3.05, 3.63) is 22.4 Å². The first kappa shape index (κ1) is 18.6. The maximum atomic E-state index is 13.8. The Balaban J connectivity index is 2.37. The van der Waals surface area contributed by atoms with E-state index in [1.165, 1.54) is 16.7 Å². The summed E-state index contributed by atoms with van der Waals surface area (Å²) in [5.41, 5.74) is 0.812. The summed E-state index contributed by atoms with van der Waals surface area (Å²) >= 11 is 3.09. The van der Waals surface area contributed by atoms with Crippen LogP contribution in [-0.2, 0) is 21.3 Å². The third-order valence-electron chi connectivity index (χ3n) is 3.30. The van der Waals surface area contributed by atoms with E-state index >= 15 is 0 Å². The molecule has 9 heteroatoms. The smallest absolute Gasteiger partial charge is 0.230 e. The second-order valence-corrected chi connectivity index (χ2v) is 15.1. The number of hydrogen-bond acceptors (Lipinski definition) is 4. The van der Waals surface area contributed by atoms with E-state index in [1.54, 1.807) is 0 Å². The number of imidazole rings is 1. The van der Waals surface area contributed by atoms with Crippen molar-refractivity contribution < 1.29 is 17.5 Å². The zero-order chi connectivity index (χ0) is 17.4. The van der Waals surface area contributed by atoms with Gasteiger partial charge in [0.05, 0.1) is 15.5 Å². The van der Waals surface area contributed by atoms with Gasteiger partial charge >= 0.3 is 0 Å². The maximum Gasteiger partial charge on any atom is 0.230 e. The van der Waals surface area contributed by atoms with Crippen LogP contribution in [0.25, 0.3) is 11.0 Å². The Hall–Kier alpha value is -0.773. The SMILES string of the molecule is C[Si](C)(C)CCOCn1c(S(C)(=O)=O)nc2cc(Br)c(F)cc21. The van der Waals surface area contributed by atoms with Crippen LogP contribution < -0.4 is 0 Å². The van der Waals surface area contributed by atoms with Gasteiger partial charge in [0.25, 0.3) is 0 Å². The quantitative estimate of drug-likeness (QED) is 0.526. The Morgan fingerprint density at radius 2 is 2.00 bits per heavy atom. The van der Waals surface area contributed by atoms with Gasteiger partial charge in [-0.25, -0.2) is 17.8 Å². The monoisotopic (exact) mass is 422 g/mol. The predicted molar refractivity (Wildman–Crippen MR) is 94.6 cm³/mol. The second kappa shape index (κ2) is 6.62. The molecule has 0 aliphatic carbocycles. The first-order chi connectivity index (χ1) is 10.5. The molecule has 1 heterocycles. The standard InChI is InChI=1S/C14H20BrFN2O3SSi/c1-22(19,20)14-17-12-7-10(15)11(16)8-13(12)18(14)9-21-5-6-23(2,3)4/h7-8H,5-6,9H2,1-4H3. The molecule has 23 heavy (non-hydrogen) atoms. The predicted octanol–water partition coefficient (Wildman–Crippen LogP) is 3.65. The van der Waals surface area contributed by atoms with Gasteiger partial charge in [0.15, 0.2) is 0 Å². The molecule has 1 aromatic carbocycles. The van der Waals surface area contributed by atoms with E-state index in [2.05, 4.69) is 40.6 Å². The van der Waals surface area contributed by atoms with Crippen molar-refractivity contribution in [3.63, 3.8) is 0 Å². The first-order valence-corrected chi connectivity index (χ1v) is 13.5. The largest absolute Gasteiger partial charge is 0.361 e. The van der Waals surface area contributed by atoms with Crippen molar-refractivity contribution >= 4 is 44.9 Å². The second-order valence-electron chi connectivity index (χ2n) is 6.70. The molecule has 0 radical (unpaired) electrons. The van der Waals surface area contributed by atoms with E-state index in [9.17, 15) is 12.8 Å². The molecule has 0 bridgehead atoms. The van der Waals surface area contributed by atoms with Crippen molar-refractivity contribution in [2.75, 3.05) is 12.9 Å². The molecule has 0 saturated carbocycles. The molecule has 0 fully saturated rings. The number of fused-ring (bicyclic) bond motifs is 1. The summed E-state index contributed by atoms with van der Waals surface area (Å²) in [5.74, 6) is -0.471. The van der Waals surface area contributed by atoms with Gasteiger partial charge in [-0.1, -0.05) is 19.6 Å². The average molecular weight is 423 g/mol. The lowest BCUT2D eigenvalue weighted by atomic mass is 10.3. The van der Waals surface area contributed by atoms with Gasteiger partial charge in [-0.15, -0.1) is 0 Å². The topological polar surface area (TPSA) is 61.2 Å². The highest BCUT2D eigenvalue weighted by Crippen LogP contribution is 2.26. The number of halogens is 2. The Morgan fingerprint density at radius 1 is 1.35 bits per heavy atom. The molecule has 0 aliphatic heterocycles. The van der Waals surface area contributed by atoms with Gasteiger partial charge in [0.2, 0.25) is 15.0 Å². The van der Waals surface area contributed by atoms with Crippen LogP contribution in [0.15, 0.2) is 21.8 Å². The molecule has 0 N–H and O–H groups in total. The van der Waals surface area contributed by atoms with Crippen LogP contribution in [0.2, 0.25) is 25.7 Å². The lowest BCUT2D eigenvalue weighted by Crippen LogP contribution is -2.22. The van der Waals surface area contributed by atoms with Crippen LogP contribution >= 0.6 is 15.9 Å². The molecule has 0 atom stereocenters. The van der Waals surface area contributed by atoms with Gasteiger partial charge in [-0.2, -0.15) is 0 Å². The Bertz CT molecular complexity index is 831. The molecule has 128 valence electrons. The van der Waals surface area contributed by atoms with Crippen molar-refractivity contribution in [3.8, 4) is 0 Å². The fraction of sp³-hybridized carbons (Fsp3) is 0.500. The molecule has 0 amide bonds. The number of ether oxygens (including phenoxy) is 1. The molecular weight excluding hydrogens is 403 g/mol. The molecule has 0 spiro atoms. The Labute approximate surface area is 144 Å². The summed E-state index contributed by atoms with van der Waals surface area (Å²) in [6.07, 6.45) is 1.08. The van der Waals surface area contributed by atoms with Crippen LogP contribution in [0.5, 0.6) is 0 Å². The summed E-state index contributed by atoms with van der Waals surface area (Å²) in [7, 11) is -4.78. The highest BCUT2D eigenvalue weighted by Gasteiger charge is 2.21. The minimum absolute atomic E-state index is 0.0322. The lowest BCUT2D eigenvalue weighted by Gasteiger charge is -2.16. The van der Waals surface area contributed by atoms with Gasteiger partial charge < -0.3 is 4.74 Å². The number of hydrogen-bond donors (Lipinski definition) is 0. The minimum Gasteiger partial charge on any atom is -0.361 e. The van der Waals surface area contributed by atoms with Crippen LogP contribution in [0.4, 0.5) is 4.39 Å². The average Bonchev–Trinajstić information content (AvgIpc) is 2.72. The summed E-state index contributed by atoms with van der Waals surface area (Å²) in [4.78, 5) is 4.12. The van der Waals surface area contributed by atoms with E-state index < -0.39 is 23.7 Å². The summed E-state index contributed by atoms with van der Waals surface area (Å²) in [6, 6.07) is 3.70. The molecule has 0 saturated heterocycles. The van der Waals surface area contributed by atoms with E-state index in [1.807, 2.05) is 0 Å². The van der Waals surface area contributed by atoms with Crippen molar-refractivity contribution in [1.29, 1.82) is 0 Å². The van der Waals surface area contributed by atoms with E-state index in [0.717, 1.165) is 12.3 Å². The van der Waals surface area contributed by atoms with E-state index in [-0.39, 0.29) is 16.4 Å². The van der Waals surface area contributed by atoms with Crippen molar-refractivity contribution in [1.82, 2.24) is 9.55 Å². The van der Waals surface area contributed by atoms with E-state index in [4.69, 9.17) is 4.74 Å². The number of nitrogens with zero attached hydrogens (tertiary/aromatic N) is 2. The van der Waals surface area contributed by atoms with E-state index in [0.29, 0.717) is 17.6 Å². The number of sulfone groups is 1. The third kappa shape index (κ3) is 4.62. The van der Waals surface area contributed by atoms with Crippen molar-refractivity contribution in [2.45, 2.75) is 37.6 Å². The minimum atomic E-state index is -3.54. The highest BCUT2D eigenvalue weighted by molar-refractivity contribution is 9.10. The number of benzene rings is 1. The fourth-order valence-corrected chi connectivity index (χ4v) is 3.94. The Kier molecular flexibility index (Phi) is 5.34. The molecule has 0 aliphatic rings. The lowest BCUT2D eigenvalue weighted by molar-refractivity contribution is 0.0838. The molecule has 2 rings (SSSR count). The summed E-state index contributed by atoms with van der Waals surface area (Å²) in [5, 5.41) is -0.113. The van der Waals surface area contributed by atoms with Gasteiger partial charge in [0.1, 0.15) is 12.5 Å². The van der Waals surface area contributed by atoms with Crippen LogP contribution in [0.3, 0.4) is 0 Å². The number of aromatic nitrogens is 2. The van der Waals surface area contributed by atoms with Crippen LogP contribution in [-0.4, -0.2) is 38.9 Å². The molecular formula is C14H20BrFN2O3SSi. The third-order valence-corrected chi connectivity index (χ3v) is 6.59.